The molecule has 0 fully saturated rings. The first-order valence-corrected chi connectivity index (χ1v) is 9.11. The molecule has 6 nitrogen and oxygen atoms in total. The molecule has 144 valence electrons. The summed E-state index contributed by atoms with van der Waals surface area (Å²) >= 11 is 0. The number of methoxy groups -OCH3 is 2. The van der Waals surface area contributed by atoms with Crippen LogP contribution in [0.4, 0.5) is 11.4 Å². The van der Waals surface area contributed by atoms with Gasteiger partial charge in [-0.15, -0.1) is 0 Å². The van der Waals surface area contributed by atoms with Crippen LogP contribution < -0.4 is 19.7 Å². The number of nitrogens with one attached hydrogen (secondary N) is 1. The molecule has 0 saturated carbocycles. The van der Waals surface area contributed by atoms with Gasteiger partial charge < -0.3 is 24.1 Å². The lowest BCUT2D eigenvalue weighted by Gasteiger charge is -2.31. The summed E-state index contributed by atoms with van der Waals surface area (Å²) in [6.45, 7) is 1.72. The Morgan fingerprint density at radius 2 is 1.75 bits per heavy atom. The van der Waals surface area contributed by atoms with Crippen LogP contribution in [0.1, 0.15) is 21.7 Å². The average Bonchev–Trinajstić information content (AvgIpc) is 3.28. The molecule has 0 atom stereocenters. The standard InChI is InChI=1S/C22H22N2O4/c1-26-20-12-15-9-10-24(14-16(15)13-21(20)27-2)18-7-5-17(6-8-18)23-22(25)19-4-3-11-28-19/h3-8,11-13H,9-10,14H2,1-2H3,(H,23,25). The summed E-state index contributed by atoms with van der Waals surface area (Å²) in [4.78, 5) is 14.4. The number of furan rings is 1. The zero-order chi connectivity index (χ0) is 19.5. The van der Waals surface area contributed by atoms with E-state index in [4.69, 9.17) is 13.9 Å². The number of rotatable bonds is 5. The van der Waals surface area contributed by atoms with Crippen LogP contribution in [0.2, 0.25) is 0 Å². The van der Waals surface area contributed by atoms with Gasteiger partial charge in [-0.2, -0.15) is 0 Å². The fourth-order valence-corrected chi connectivity index (χ4v) is 3.46. The first kappa shape index (κ1) is 18.0. The zero-order valence-electron chi connectivity index (χ0n) is 15.9. The van der Waals surface area contributed by atoms with Crippen molar-refractivity contribution in [3.63, 3.8) is 0 Å². The average molecular weight is 378 g/mol. The monoisotopic (exact) mass is 378 g/mol. The fourth-order valence-electron chi connectivity index (χ4n) is 3.46. The van der Waals surface area contributed by atoms with Gasteiger partial charge in [-0.3, -0.25) is 4.79 Å². The fraction of sp³-hybridized carbons (Fsp3) is 0.227. The minimum absolute atomic E-state index is 0.259. The predicted molar refractivity (Wildman–Crippen MR) is 107 cm³/mol. The largest absolute Gasteiger partial charge is 0.493 e. The molecule has 2 aromatic carbocycles. The lowest BCUT2D eigenvalue weighted by atomic mass is 9.98. The van der Waals surface area contributed by atoms with Gasteiger partial charge in [0, 0.05) is 24.5 Å². The second-order valence-electron chi connectivity index (χ2n) is 6.63. The van der Waals surface area contributed by atoms with E-state index in [-0.39, 0.29) is 5.91 Å². The van der Waals surface area contributed by atoms with Crippen LogP contribution in [0.25, 0.3) is 0 Å². The van der Waals surface area contributed by atoms with Gasteiger partial charge in [0.05, 0.1) is 20.5 Å². The van der Waals surface area contributed by atoms with Crippen LogP contribution >= 0.6 is 0 Å². The molecule has 2 heterocycles. The van der Waals surface area contributed by atoms with E-state index in [9.17, 15) is 4.79 Å². The second kappa shape index (κ2) is 7.68. The van der Waals surface area contributed by atoms with Gasteiger partial charge in [0.2, 0.25) is 0 Å². The quantitative estimate of drug-likeness (QED) is 0.724. The summed E-state index contributed by atoms with van der Waals surface area (Å²) in [6.07, 6.45) is 2.42. The number of ether oxygens (including phenoxy) is 2. The highest BCUT2D eigenvalue weighted by atomic mass is 16.5. The van der Waals surface area contributed by atoms with E-state index in [0.717, 1.165) is 42.4 Å². The predicted octanol–water partition coefficient (Wildman–Crippen LogP) is 4.11. The van der Waals surface area contributed by atoms with Crippen LogP contribution in [0.5, 0.6) is 11.5 Å². The number of amides is 1. The minimum Gasteiger partial charge on any atom is -0.493 e. The zero-order valence-corrected chi connectivity index (χ0v) is 15.9. The Morgan fingerprint density at radius 3 is 2.39 bits per heavy atom. The molecular weight excluding hydrogens is 356 g/mol. The number of carbonyl (C=O) groups excluding carboxylic acids is 1. The van der Waals surface area contributed by atoms with Gasteiger partial charge >= 0.3 is 0 Å². The van der Waals surface area contributed by atoms with E-state index in [2.05, 4.69) is 22.3 Å². The smallest absolute Gasteiger partial charge is 0.291 e. The lowest BCUT2D eigenvalue weighted by molar-refractivity contribution is 0.0996. The molecule has 0 bridgehead atoms. The molecule has 0 radical (unpaired) electrons. The van der Waals surface area contributed by atoms with Crippen molar-refractivity contribution in [3.8, 4) is 11.5 Å². The van der Waals surface area contributed by atoms with E-state index >= 15 is 0 Å². The van der Waals surface area contributed by atoms with Gasteiger partial charge in [0.1, 0.15) is 0 Å². The van der Waals surface area contributed by atoms with Crippen molar-refractivity contribution in [1.82, 2.24) is 0 Å². The van der Waals surface area contributed by atoms with E-state index in [0.29, 0.717) is 5.76 Å². The summed E-state index contributed by atoms with van der Waals surface area (Å²) in [5.74, 6) is 1.55. The van der Waals surface area contributed by atoms with Crippen LogP contribution in [0.3, 0.4) is 0 Å². The maximum absolute atomic E-state index is 12.1. The second-order valence-corrected chi connectivity index (χ2v) is 6.63. The number of hydrogen-bond donors (Lipinski definition) is 1. The highest BCUT2D eigenvalue weighted by Gasteiger charge is 2.20. The number of carbonyl (C=O) groups is 1. The third-order valence-corrected chi connectivity index (χ3v) is 4.95. The van der Waals surface area contributed by atoms with Crippen LogP contribution in [0.15, 0.2) is 59.2 Å². The molecule has 0 spiro atoms. The summed E-state index contributed by atoms with van der Waals surface area (Å²) in [5, 5.41) is 2.84. The molecule has 1 aromatic heterocycles. The summed E-state index contributed by atoms with van der Waals surface area (Å²) in [7, 11) is 3.31. The summed E-state index contributed by atoms with van der Waals surface area (Å²) < 4.78 is 16.0. The number of benzene rings is 2. The third-order valence-electron chi connectivity index (χ3n) is 4.95. The normalized spacial score (nSPS) is 13.0. The summed E-state index contributed by atoms with van der Waals surface area (Å²) in [6, 6.07) is 15.3. The molecule has 1 aliphatic heterocycles. The van der Waals surface area contributed by atoms with E-state index in [1.165, 1.54) is 17.4 Å². The van der Waals surface area contributed by atoms with Crippen molar-refractivity contribution in [2.75, 3.05) is 31.0 Å². The summed E-state index contributed by atoms with van der Waals surface area (Å²) in [5.41, 5.74) is 4.36. The third kappa shape index (κ3) is 3.53. The highest BCUT2D eigenvalue weighted by molar-refractivity contribution is 6.02. The van der Waals surface area contributed by atoms with Crippen molar-refractivity contribution in [3.05, 3.63) is 71.7 Å². The number of fused-ring (bicyclic) bond motifs is 1. The molecule has 4 rings (SSSR count). The molecular formula is C22H22N2O4. The Labute approximate surface area is 163 Å². The Morgan fingerprint density at radius 1 is 1.04 bits per heavy atom. The van der Waals surface area contributed by atoms with Gasteiger partial charge in [-0.05, 0) is 66.1 Å². The minimum atomic E-state index is -0.259. The first-order chi connectivity index (χ1) is 13.7. The van der Waals surface area contributed by atoms with Crippen molar-refractivity contribution in [1.29, 1.82) is 0 Å². The molecule has 28 heavy (non-hydrogen) atoms. The number of hydrogen-bond acceptors (Lipinski definition) is 5. The van der Waals surface area contributed by atoms with Crippen molar-refractivity contribution in [2.45, 2.75) is 13.0 Å². The van der Waals surface area contributed by atoms with Crippen LogP contribution in [-0.4, -0.2) is 26.7 Å². The Balaban J connectivity index is 1.47. The number of anilines is 2. The molecule has 0 aliphatic carbocycles. The van der Waals surface area contributed by atoms with E-state index in [1.54, 1.807) is 26.4 Å². The molecule has 1 N–H and O–H groups in total. The topological polar surface area (TPSA) is 63.9 Å². The maximum Gasteiger partial charge on any atom is 0.291 e. The molecule has 3 aromatic rings. The first-order valence-electron chi connectivity index (χ1n) is 9.11. The van der Waals surface area contributed by atoms with Crippen LogP contribution in [0, 0.1) is 0 Å². The van der Waals surface area contributed by atoms with Crippen molar-refractivity contribution < 1.29 is 18.7 Å². The number of nitrogens with zero attached hydrogens (tertiary/aromatic N) is 1. The Bertz CT molecular complexity index is 965. The SMILES string of the molecule is COc1cc2c(cc1OC)CN(c1ccc(NC(=O)c3ccco3)cc1)CC2. The van der Waals surface area contributed by atoms with Crippen molar-refractivity contribution in [2.24, 2.45) is 0 Å². The van der Waals surface area contributed by atoms with Gasteiger partial charge in [-0.25, -0.2) is 0 Å². The maximum atomic E-state index is 12.1. The van der Waals surface area contributed by atoms with Gasteiger partial charge in [0.15, 0.2) is 17.3 Å². The molecule has 0 unspecified atom stereocenters. The van der Waals surface area contributed by atoms with Gasteiger partial charge in [-0.1, -0.05) is 0 Å². The molecule has 6 heteroatoms. The van der Waals surface area contributed by atoms with Crippen LogP contribution in [-0.2, 0) is 13.0 Å². The molecule has 0 saturated heterocycles. The molecule has 1 amide bonds. The Kier molecular flexibility index (Phi) is 4.93. The van der Waals surface area contributed by atoms with Gasteiger partial charge in [0.25, 0.3) is 5.91 Å². The van der Waals surface area contributed by atoms with Crippen molar-refractivity contribution >= 4 is 17.3 Å². The highest BCUT2D eigenvalue weighted by Crippen LogP contribution is 2.34. The lowest BCUT2D eigenvalue weighted by Crippen LogP contribution is -2.30. The van der Waals surface area contributed by atoms with E-state index in [1.807, 2.05) is 24.3 Å². The van der Waals surface area contributed by atoms with E-state index < -0.39 is 0 Å². The molecule has 1 aliphatic rings. The Hall–Kier alpha value is -3.41.